The van der Waals surface area contributed by atoms with Crippen LogP contribution in [0.5, 0.6) is 0 Å². The third-order valence-electron chi connectivity index (χ3n) is 9.02. The molecule has 0 bridgehead atoms. The molecule has 0 aliphatic carbocycles. The van der Waals surface area contributed by atoms with Gasteiger partial charge in [-0.15, -0.1) is 0 Å². The fourth-order valence-electron chi connectivity index (χ4n) is 6.22. The number of nitrogens with one attached hydrogen (secondary N) is 2. The second-order valence-corrected chi connectivity index (χ2v) is 12.5. The molecule has 0 unspecified atom stereocenters. The Morgan fingerprint density at radius 3 is 2.06 bits per heavy atom. The SMILES string of the molecule is O=C(CCCCCCC(=O)Nc1ccc([C@@H]2O[C@H](CN3CCN(c4ccc([N+](=O)[O-])cc4)CC3)C[C@H](c3ccc(CO)cc3)O2)cc1)NO. The zero-order valence-electron chi connectivity index (χ0n) is 27.5. The summed E-state index contributed by atoms with van der Waals surface area (Å²) in [6.45, 7) is 3.95. The lowest BCUT2D eigenvalue weighted by molar-refractivity contribution is -0.384. The van der Waals surface area contributed by atoms with Gasteiger partial charge in [0, 0.05) is 81.1 Å². The van der Waals surface area contributed by atoms with Crippen molar-refractivity contribution in [1.29, 1.82) is 0 Å². The molecule has 2 heterocycles. The topological polar surface area (TPSA) is 167 Å². The van der Waals surface area contributed by atoms with E-state index in [2.05, 4.69) is 15.1 Å². The monoisotopic (exact) mass is 675 g/mol. The molecule has 0 radical (unpaired) electrons. The summed E-state index contributed by atoms with van der Waals surface area (Å²) in [7, 11) is 0. The van der Waals surface area contributed by atoms with E-state index in [1.807, 2.05) is 48.5 Å². The molecule has 3 atom stereocenters. The number of anilines is 2. The number of aliphatic hydroxyl groups excluding tert-OH is 1. The molecule has 5 rings (SSSR count). The van der Waals surface area contributed by atoms with Gasteiger partial charge < -0.3 is 24.8 Å². The molecule has 0 saturated carbocycles. The predicted molar refractivity (Wildman–Crippen MR) is 183 cm³/mol. The molecule has 2 fully saturated rings. The number of carbonyl (C=O) groups is 2. The van der Waals surface area contributed by atoms with E-state index >= 15 is 0 Å². The molecular formula is C36H45N5O8. The van der Waals surface area contributed by atoms with Crippen LogP contribution in [0.3, 0.4) is 0 Å². The minimum absolute atomic E-state index is 0.0274. The van der Waals surface area contributed by atoms with Gasteiger partial charge in [0.05, 0.1) is 23.7 Å². The van der Waals surface area contributed by atoms with Crippen molar-refractivity contribution in [3.63, 3.8) is 0 Å². The molecule has 2 aliphatic heterocycles. The first-order valence-corrected chi connectivity index (χ1v) is 16.9. The van der Waals surface area contributed by atoms with Gasteiger partial charge in [0.2, 0.25) is 11.8 Å². The summed E-state index contributed by atoms with van der Waals surface area (Å²) >= 11 is 0. The number of rotatable bonds is 15. The third kappa shape index (κ3) is 10.5. The van der Waals surface area contributed by atoms with E-state index in [4.69, 9.17) is 14.7 Å². The fraction of sp³-hybridized carbons (Fsp3) is 0.444. The fourth-order valence-corrected chi connectivity index (χ4v) is 6.22. The summed E-state index contributed by atoms with van der Waals surface area (Å²) in [5, 5.41) is 32.1. The van der Waals surface area contributed by atoms with Crippen LogP contribution in [-0.4, -0.2) is 70.8 Å². The molecule has 0 spiro atoms. The number of unbranched alkanes of at least 4 members (excludes halogenated alkanes) is 3. The van der Waals surface area contributed by atoms with Crippen LogP contribution in [0.1, 0.15) is 74.0 Å². The van der Waals surface area contributed by atoms with Crippen molar-refractivity contribution in [2.24, 2.45) is 0 Å². The zero-order valence-corrected chi connectivity index (χ0v) is 27.5. The molecule has 49 heavy (non-hydrogen) atoms. The Balaban J connectivity index is 1.16. The van der Waals surface area contributed by atoms with Crippen LogP contribution in [0.25, 0.3) is 0 Å². The quantitative estimate of drug-likeness (QED) is 0.0724. The smallest absolute Gasteiger partial charge is 0.269 e. The van der Waals surface area contributed by atoms with Gasteiger partial charge in [-0.3, -0.25) is 29.8 Å². The Bertz CT molecular complexity index is 1510. The number of hydroxylamine groups is 1. The van der Waals surface area contributed by atoms with E-state index in [0.29, 0.717) is 31.4 Å². The van der Waals surface area contributed by atoms with Crippen LogP contribution in [-0.2, 0) is 25.7 Å². The second kappa shape index (κ2) is 17.8. The standard InChI is InChI=1S/C36H45N5O8/c42-25-26-7-9-27(10-8-26)33-23-32(24-39-19-21-40(22-20-39)30-15-17-31(18-16-30)41(46)47)48-36(49-33)28-11-13-29(14-12-28)37-34(43)5-3-1-2-4-6-35(44)38-45/h7-18,32-33,36,42,45H,1-6,19-25H2,(H,37,43)(H,38,44)/t32-,33+,36+/m0/s1. The van der Waals surface area contributed by atoms with Crippen LogP contribution in [0.4, 0.5) is 17.1 Å². The Hall–Kier alpha value is -4.40. The number of amides is 2. The second-order valence-electron chi connectivity index (χ2n) is 12.5. The van der Waals surface area contributed by atoms with Crippen molar-refractivity contribution in [1.82, 2.24) is 10.4 Å². The average molecular weight is 676 g/mol. The molecule has 13 heteroatoms. The molecule has 2 saturated heterocycles. The van der Waals surface area contributed by atoms with E-state index in [1.54, 1.807) is 29.7 Å². The van der Waals surface area contributed by atoms with Crippen molar-refractivity contribution >= 4 is 28.9 Å². The molecule has 3 aromatic carbocycles. The number of hydrogen-bond acceptors (Lipinski definition) is 10. The lowest BCUT2D eigenvalue weighted by atomic mass is 9.99. The summed E-state index contributed by atoms with van der Waals surface area (Å²) in [6.07, 6.45) is 3.39. The number of aliphatic hydroxyl groups is 1. The first-order chi connectivity index (χ1) is 23.8. The van der Waals surface area contributed by atoms with Crippen molar-refractivity contribution in [3.05, 3.63) is 99.6 Å². The van der Waals surface area contributed by atoms with Gasteiger partial charge in [-0.05, 0) is 48.2 Å². The van der Waals surface area contributed by atoms with E-state index in [-0.39, 0.29) is 41.8 Å². The first-order valence-electron chi connectivity index (χ1n) is 16.9. The van der Waals surface area contributed by atoms with Crippen molar-refractivity contribution in [2.75, 3.05) is 42.9 Å². The number of nitro benzene ring substituents is 1. The summed E-state index contributed by atoms with van der Waals surface area (Å²) < 4.78 is 13.0. The average Bonchev–Trinajstić information content (AvgIpc) is 3.13. The molecule has 2 amide bonds. The maximum absolute atomic E-state index is 12.5. The third-order valence-corrected chi connectivity index (χ3v) is 9.02. The summed E-state index contributed by atoms with van der Waals surface area (Å²) in [5.41, 5.74) is 6.05. The Morgan fingerprint density at radius 1 is 0.816 bits per heavy atom. The number of piperazine rings is 1. The largest absolute Gasteiger partial charge is 0.392 e. The number of nitrogens with zero attached hydrogens (tertiary/aromatic N) is 3. The van der Waals surface area contributed by atoms with Gasteiger partial charge >= 0.3 is 0 Å². The van der Waals surface area contributed by atoms with E-state index in [0.717, 1.165) is 67.9 Å². The predicted octanol–water partition coefficient (Wildman–Crippen LogP) is 5.24. The van der Waals surface area contributed by atoms with Crippen LogP contribution >= 0.6 is 0 Å². The number of ether oxygens (including phenoxy) is 2. The lowest BCUT2D eigenvalue weighted by Gasteiger charge is -2.41. The normalized spacial score (nSPS) is 19.7. The van der Waals surface area contributed by atoms with E-state index in [1.165, 1.54) is 0 Å². The lowest BCUT2D eigenvalue weighted by Crippen LogP contribution is -2.49. The van der Waals surface area contributed by atoms with Crippen LogP contribution in [0.2, 0.25) is 0 Å². The molecule has 4 N–H and O–H groups in total. The number of carbonyl (C=O) groups excluding carboxylic acids is 2. The van der Waals surface area contributed by atoms with Crippen molar-refractivity contribution < 1.29 is 34.3 Å². The number of nitro groups is 1. The molecule has 0 aromatic heterocycles. The maximum Gasteiger partial charge on any atom is 0.269 e. The summed E-state index contributed by atoms with van der Waals surface area (Å²) in [5.74, 6) is -0.476. The van der Waals surface area contributed by atoms with Crippen molar-refractivity contribution in [2.45, 2.75) is 70.1 Å². The van der Waals surface area contributed by atoms with Crippen LogP contribution in [0.15, 0.2) is 72.8 Å². The zero-order chi connectivity index (χ0) is 34.6. The first kappa shape index (κ1) is 35.9. The molecule has 2 aliphatic rings. The summed E-state index contributed by atoms with van der Waals surface area (Å²) in [6, 6.07) is 22.0. The molecule has 3 aromatic rings. The molecular weight excluding hydrogens is 630 g/mol. The molecule has 262 valence electrons. The van der Waals surface area contributed by atoms with Gasteiger partial charge in [0.1, 0.15) is 0 Å². The van der Waals surface area contributed by atoms with Gasteiger partial charge in [-0.25, -0.2) is 5.48 Å². The van der Waals surface area contributed by atoms with Gasteiger partial charge in [0.25, 0.3) is 5.69 Å². The Morgan fingerprint density at radius 2 is 1.45 bits per heavy atom. The van der Waals surface area contributed by atoms with E-state index < -0.39 is 12.2 Å². The highest BCUT2D eigenvalue weighted by Gasteiger charge is 2.34. The Kier molecular flexibility index (Phi) is 13.1. The summed E-state index contributed by atoms with van der Waals surface area (Å²) in [4.78, 5) is 38.8. The Labute approximate surface area is 285 Å². The van der Waals surface area contributed by atoms with Crippen LogP contribution in [0, 0.1) is 10.1 Å². The van der Waals surface area contributed by atoms with Gasteiger partial charge in [0.15, 0.2) is 6.29 Å². The number of non-ortho nitro benzene ring substituents is 1. The van der Waals surface area contributed by atoms with Crippen LogP contribution < -0.4 is 15.7 Å². The number of hydrogen-bond donors (Lipinski definition) is 4. The van der Waals surface area contributed by atoms with Gasteiger partial charge in [-0.1, -0.05) is 49.2 Å². The highest BCUT2D eigenvalue weighted by atomic mass is 16.7. The highest BCUT2D eigenvalue weighted by molar-refractivity contribution is 5.90. The van der Waals surface area contributed by atoms with E-state index in [9.17, 15) is 24.8 Å². The maximum atomic E-state index is 12.5. The van der Waals surface area contributed by atoms with Gasteiger partial charge in [-0.2, -0.15) is 0 Å². The number of benzene rings is 3. The minimum atomic E-state index is -0.611. The highest BCUT2D eigenvalue weighted by Crippen LogP contribution is 2.38. The minimum Gasteiger partial charge on any atom is -0.392 e. The van der Waals surface area contributed by atoms with Crippen molar-refractivity contribution in [3.8, 4) is 0 Å². The molecule has 13 nitrogen and oxygen atoms in total.